The van der Waals surface area contributed by atoms with Gasteiger partial charge in [-0.15, -0.1) is 6.42 Å². The molecule has 16 heavy (non-hydrogen) atoms. The van der Waals surface area contributed by atoms with Crippen LogP contribution in [0, 0.1) is 12.3 Å². The molecular weight excluding hydrogens is 212 g/mol. The van der Waals surface area contributed by atoms with E-state index in [-0.39, 0.29) is 12.5 Å². The first-order valence-corrected chi connectivity index (χ1v) is 4.86. The minimum atomic E-state index is -1.27. The number of hydrogen-bond donors (Lipinski definition) is 5. The fraction of sp³-hybridized carbons (Fsp3) is 0.700. The summed E-state index contributed by atoms with van der Waals surface area (Å²) in [6.07, 6.45) is 4.98. The molecule has 0 aliphatic rings. The van der Waals surface area contributed by atoms with Crippen LogP contribution in [0.2, 0.25) is 0 Å². The number of carbonyl (C=O) groups excluding carboxylic acids is 1. The zero-order valence-corrected chi connectivity index (χ0v) is 9.23. The van der Waals surface area contributed by atoms with E-state index < -0.39 is 31.4 Å². The van der Waals surface area contributed by atoms with Crippen molar-refractivity contribution in [2.45, 2.75) is 18.5 Å². The number of amides is 1. The van der Waals surface area contributed by atoms with Gasteiger partial charge in [0.1, 0.15) is 0 Å². The van der Waals surface area contributed by atoms with E-state index in [1.165, 1.54) is 0 Å². The highest BCUT2D eigenvalue weighted by molar-refractivity contribution is 5.81. The van der Waals surface area contributed by atoms with E-state index in [1.807, 2.05) is 0 Å². The number of terminal acetylenes is 1. The minimum absolute atomic E-state index is 0.106. The first kappa shape index (κ1) is 14.9. The zero-order valence-electron chi connectivity index (χ0n) is 9.23. The van der Waals surface area contributed by atoms with E-state index in [0.717, 1.165) is 0 Å². The molecule has 0 radical (unpaired) electrons. The molecule has 0 saturated carbocycles. The van der Waals surface area contributed by atoms with E-state index in [4.69, 9.17) is 21.7 Å². The van der Waals surface area contributed by atoms with Crippen molar-refractivity contribution in [3.63, 3.8) is 0 Å². The van der Waals surface area contributed by atoms with E-state index in [0.29, 0.717) is 0 Å². The lowest BCUT2D eigenvalue weighted by Gasteiger charge is -2.31. The highest BCUT2D eigenvalue weighted by Crippen LogP contribution is 2.03. The molecule has 5 N–H and O–H groups in total. The second-order valence-corrected chi connectivity index (χ2v) is 3.54. The molecule has 1 atom stereocenters. The van der Waals surface area contributed by atoms with Gasteiger partial charge in [-0.2, -0.15) is 0 Å². The van der Waals surface area contributed by atoms with Gasteiger partial charge < -0.3 is 20.6 Å². The molecule has 92 valence electrons. The first-order valence-electron chi connectivity index (χ1n) is 4.86. The third kappa shape index (κ3) is 4.16. The van der Waals surface area contributed by atoms with Gasteiger partial charge in [0.05, 0.1) is 37.9 Å². The third-order valence-electron chi connectivity index (χ3n) is 2.19. The van der Waals surface area contributed by atoms with Gasteiger partial charge in [0.15, 0.2) is 0 Å². The average Bonchev–Trinajstić information content (AvgIpc) is 2.32. The number of rotatable bonds is 7. The summed E-state index contributed by atoms with van der Waals surface area (Å²) in [4.78, 5) is 11.4. The highest BCUT2D eigenvalue weighted by Gasteiger charge is 2.31. The predicted molar refractivity (Wildman–Crippen MR) is 58.4 cm³/mol. The van der Waals surface area contributed by atoms with Gasteiger partial charge in [0.25, 0.3) is 0 Å². The molecular formula is C10H18N2O4. The summed E-state index contributed by atoms with van der Waals surface area (Å²) < 4.78 is 0. The van der Waals surface area contributed by atoms with Crippen molar-refractivity contribution in [3.8, 4) is 12.3 Å². The summed E-state index contributed by atoms with van der Waals surface area (Å²) >= 11 is 0. The summed E-state index contributed by atoms with van der Waals surface area (Å²) in [5, 5.41) is 32.2. The number of carbonyl (C=O) groups is 1. The largest absolute Gasteiger partial charge is 0.394 e. The summed E-state index contributed by atoms with van der Waals surface area (Å²) in [6, 6.07) is -0.681. The van der Waals surface area contributed by atoms with Gasteiger partial charge in [0.2, 0.25) is 5.91 Å². The number of nitrogens with one attached hydrogen (secondary N) is 2. The van der Waals surface area contributed by atoms with Crippen LogP contribution in [0.25, 0.3) is 0 Å². The van der Waals surface area contributed by atoms with Crippen LogP contribution in [-0.4, -0.2) is 59.2 Å². The molecule has 0 aliphatic carbocycles. The molecule has 6 nitrogen and oxygen atoms in total. The lowest BCUT2D eigenvalue weighted by Crippen LogP contribution is -2.60. The quantitative estimate of drug-likeness (QED) is 0.309. The van der Waals surface area contributed by atoms with Crippen LogP contribution in [-0.2, 0) is 4.79 Å². The van der Waals surface area contributed by atoms with Crippen molar-refractivity contribution in [3.05, 3.63) is 0 Å². The molecule has 1 amide bonds. The van der Waals surface area contributed by atoms with E-state index in [1.54, 1.807) is 6.92 Å². The molecule has 0 aliphatic heterocycles. The maximum atomic E-state index is 11.4. The minimum Gasteiger partial charge on any atom is -0.394 e. The zero-order chi connectivity index (χ0) is 12.6. The molecule has 0 rings (SSSR count). The predicted octanol–water partition coefficient (Wildman–Crippen LogP) is -2.57. The maximum absolute atomic E-state index is 11.4. The van der Waals surface area contributed by atoms with E-state index >= 15 is 0 Å². The molecule has 0 aromatic carbocycles. The van der Waals surface area contributed by atoms with Gasteiger partial charge >= 0.3 is 0 Å². The lowest BCUT2D eigenvalue weighted by atomic mass is 10.0. The number of aliphatic hydroxyl groups is 3. The molecule has 0 fully saturated rings. The fourth-order valence-electron chi connectivity index (χ4n) is 1.10. The Bertz CT molecular complexity index is 250. The van der Waals surface area contributed by atoms with Gasteiger partial charge in [-0.05, 0) is 6.92 Å². The first-order chi connectivity index (χ1) is 7.55. The standard InChI is InChI=1S/C10H18N2O4/c1-3-4-11-9(16)8(2)12-10(5-13,6-14)7-15/h1,8,12-15H,4-7H2,2H3,(H,11,16). The Morgan fingerprint density at radius 2 is 1.88 bits per heavy atom. The number of hydrogen-bond acceptors (Lipinski definition) is 5. The Kier molecular flexibility index (Phi) is 6.69. The van der Waals surface area contributed by atoms with Crippen LogP contribution >= 0.6 is 0 Å². The smallest absolute Gasteiger partial charge is 0.237 e. The maximum Gasteiger partial charge on any atom is 0.237 e. The van der Waals surface area contributed by atoms with Crippen LogP contribution in [0.15, 0.2) is 0 Å². The van der Waals surface area contributed by atoms with Crippen LogP contribution in [0.5, 0.6) is 0 Å². The molecule has 0 saturated heterocycles. The Hall–Kier alpha value is -1.13. The highest BCUT2D eigenvalue weighted by atomic mass is 16.3. The molecule has 0 aromatic rings. The van der Waals surface area contributed by atoms with Gasteiger partial charge in [0, 0.05) is 0 Å². The fourth-order valence-corrected chi connectivity index (χ4v) is 1.10. The Balaban J connectivity index is 4.35. The Labute approximate surface area is 94.7 Å². The van der Waals surface area contributed by atoms with Gasteiger partial charge in [-0.1, -0.05) is 5.92 Å². The lowest BCUT2D eigenvalue weighted by molar-refractivity contribution is -0.123. The van der Waals surface area contributed by atoms with Crippen LogP contribution in [0.4, 0.5) is 0 Å². The van der Waals surface area contributed by atoms with E-state index in [9.17, 15) is 4.79 Å². The Morgan fingerprint density at radius 3 is 2.25 bits per heavy atom. The normalized spacial score (nSPS) is 12.9. The van der Waals surface area contributed by atoms with Crippen LogP contribution in [0.3, 0.4) is 0 Å². The van der Waals surface area contributed by atoms with Crippen molar-refractivity contribution in [1.29, 1.82) is 0 Å². The van der Waals surface area contributed by atoms with Gasteiger partial charge in [-0.25, -0.2) is 0 Å². The monoisotopic (exact) mass is 230 g/mol. The topological polar surface area (TPSA) is 102 Å². The summed E-state index contributed by atoms with van der Waals surface area (Å²) in [7, 11) is 0. The second-order valence-electron chi connectivity index (χ2n) is 3.54. The van der Waals surface area contributed by atoms with Gasteiger partial charge in [-0.3, -0.25) is 10.1 Å². The van der Waals surface area contributed by atoms with E-state index in [2.05, 4.69) is 16.6 Å². The van der Waals surface area contributed by atoms with Crippen molar-refractivity contribution >= 4 is 5.91 Å². The molecule has 0 aromatic heterocycles. The molecule has 0 spiro atoms. The van der Waals surface area contributed by atoms with Crippen LogP contribution < -0.4 is 10.6 Å². The number of aliphatic hydroxyl groups excluding tert-OH is 3. The summed E-state index contributed by atoms with van der Waals surface area (Å²) in [5.74, 6) is 1.89. The van der Waals surface area contributed by atoms with Crippen molar-refractivity contribution in [2.75, 3.05) is 26.4 Å². The molecule has 1 unspecified atom stereocenters. The van der Waals surface area contributed by atoms with Crippen LogP contribution in [0.1, 0.15) is 6.92 Å². The Morgan fingerprint density at radius 1 is 1.38 bits per heavy atom. The third-order valence-corrected chi connectivity index (χ3v) is 2.19. The molecule has 0 heterocycles. The summed E-state index contributed by atoms with van der Waals surface area (Å²) in [6.45, 7) is 0.211. The average molecular weight is 230 g/mol. The summed E-state index contributed by atoms with van der Waals surface area (Å²) in [5.41, 5.74) is -1.27. The SMILES string of the molecule is C#CCNC(=O)C(C)NC(CO)(CO)CO. The molecule has 0 bridgehead atoms. The van der Waals surface area contributed by atoms with Crippen molar-refractivity contribution in [1.82, 2.24) is 10.6 Å². The van der Waals surface area contributed by atoms with Crippen molar-refractivity contribution in [2.24, 2.45) is 0 Å². The molecule has 6 heteroatoms. The second kappa shape index (κ2) is 7.19. The van der Waals surface area contributed by atoms with Crippen molar-refractivity contribution < 1.29 is 20.1 Å².